The van der Waals surface area contributed by atoms with E-state index in [1.807, 2.05) is 18.2 Å². The lowest BCUT2D eigenvalue weighted by atomic mass is 10.0. The van der Waals surface area contributed by atoms with Crippen LogP contribution in [0.25, 0.3) is 0 Å². The Morgan fingerprint density at radius 1 is 1.09 bits per heavy atom. The van der Waals surface area contributed by atoms with Gasteiger partial charge in [0.15, 0.2) is 0 Å². The summed E-state index contributed by atoms with van der Waals surface area (Å²) in [6.45, 7) is 6.45. The largest absolute Gasteiger partial charge is 0.317 e. The summed E-state index contributed by atoms with van der Waals surface area (Å²) in [6.07, 6.45) is 3.61. The van der Waals surface area contributed by atoms with E-state index in [0.29, 0.717) is 0 Å². The maximum atomic E-state index is 11.5. The summed E-state index contributed by atoms with van der Waals surface area (Å²) in [5.74, 6) is 0. The van der Waals surface area contributed by atoms with Crippen LogP contribution < -0.4 is 5.32 Å². The molecule has 1 atom stereocenters. The third kappa shape index (κ3) is 4.10. The van der Waals surface area contributed by atoms with E-state index in [2.05, 4.69) is 27.2 Å². The quantitative estimate of drug-likeness (QED) is 0.660. The highest BCUT2D eigenvalue weighted by atomic mass is 32.2. The summed E-state index contributed by atoms with van der Waals surface area (Å²) in [7, 11) is 0. The van der Waals surface area contributed by atoms with Gasteiger partial charge in [0.1, 0.15) is 11.7 Å². The van der Waals surface area contributed by atoms with Crippen LogP contribution in [0.2, 0.25) is 0 Å². The minimum Gasteiger partial charge on any atom is -0.317 e. The highest BCUT2D eigenvalue weighted by Crippen LogP contribution is 2.25. The molecule has 1 unspecified atom stereocenters. The minimum atomic E-state index is -0.0578. The lowest BCUT2D eigenvalue weighted by molar-refractivity contribution is -0.110. The second-order valence-corrected chi connectivity index (χ2v) is 7.20. The van der Waals surface area contributed by atoms with E-state index in [4.69, 9.17) is 0 Å². The standard InChI is InChI=1S/C17H25N3OS/c21-14-17(22-16-4-2-1-3-5-16)20-12-10-19(11-13-20)15-6-8-18-9-7-15/h1-5,14-15,17-18H,6-13H2. The first kappa shape index (κ1) is 16.0. The third-order valence-electron chi connectivity index (χ3n) is 4.65. The predicted octanol–water partition coefficient (Wildman–Crippen LogP) is 1.67. The van der Waals surface area contributed by atoms with E-state index < -0.39 is 0 Å². The van der Waals surface area contributed by atoms with Gasteiger partial charge in [0.2, 0.25) is 0 Å². The molecule has 2 aliphatic heterocycles. The van der Waals surface area contributed by atoms with Crippen LogP contribution in [0.15, 0.2) is 35.2 Å². The van der Waals surface area contributed by atoms with Crippen molar-refractivity contribution in [2.24, 2.45) is 0 Å². The van der Waals surface area contributed by atoms with Crippen molar-refractivity contribution >= 4 is 18.0 Å². The van der Waals surface area contributed by atoms with Crippen molar-refractivity contribution in [1.82, 2.24) is 15.1 Å². The number of benzene rings is 1. The highest BCUT2D eigenvalue weighted by molar-refractivity contribution is 8.00. The van der Waals surface area contributed by atoms with Crippen molar-refractivity contribution in [3.05, 3.63) is 30.3 Å². The summed E-state index contributed by atoms with van der Waals surface area (Å²) in [5.41, 5.74) is 0. The molecular formula is C17H25N3OS. The molecule has 2 aliphatic rings. The monoisotopic (exact) mass is 319 g/mol. The molecule has 2 heterocycles. The van der Waals surface area contributed by atoms with Crippen LogP contribution in [0.5, 0.6) is 0 Å². The van der Waals surface area contributed by atoms with Gasteiger partial charge in [-0.2, -0.15) is 0 Å². The molecule has 0 aromatic heterocycles. The van der Waals surface area contributed by atoms with Crippen LogP contribution in [0.1, 0.15) is 12.8 Å². The Kier molecular flexibility index (Phi) is 5.89. The lowest BCUT2D eigenvalue weighted by Gasteiger charge is -2.42. The number of piperazine rings is 1. The Hall–Kier alpha value is -0.880. The molecule has 0 spiro atoms. The molecule has 1 N–H and O–H groups in total. The molecule has 4 nitrogen and oxygen atoms in total. The highest BCUT2D eigenvalue weighted by Gasteiger charge is 2.28. The van der Waals surface area contributed by atoms with Gasteiger partial charge in [-0.05, 0) is 38.1 Å². The molecule has 2 fully saturated rings. The van der Waals surface area contributed by atoms with Crippen molar-refractivity contribution in [1.29, 1.82) is 0 Å². The smallest absolute Gasteiger partial charge is 0.147 e. The fourth-order valence-electron chi connectivity index (χ4n) is 3.36. The van der Waals surface area contributed by atoms with Gasteiger partial charge in [-0.3, -0.25) is 9.80 Å². The van der Waals surface area contributed by atoms with Gasteiger partial charge >= 0.3 is 0 Å². The van der Waals surface area contributed by atoms with Gasteiger partial charge in [-0.1, -0.05) is 30.0 Å². The van der Waals surface area contributed by atoms with Gasteiger partial charge in [0.05, 0.1) is 0 Å². The average molecular weight is 319 g/mol. The van der Waals surface area contributed by atoms with Crippen molar-refractivity contribution in [2.45, 2.75) is 29.2 Å². The van der Waals surface area contributed by atoms with Crippen molar-refractivity contribution < 1.29 is 4.79 Å². The number of rotatable bonds is 5. The maximum absolute atomic E-state index is 11.5. The molecular weight excluding hydrogens is 294 g/mol. The molecule has 120 valence electrons. The number of thioether (sulfide) groups is 1. The fraction of sp³-hybridized carbons (Fsp3) is 0.588. The average Bonchev–Trinajstić information content (AvgIpc) is 2.61. The van der Waals surface area contributed by atoms with Gasteiger partial charge in [-0.15, -0.1) is 0 Å². The SMILES string of the molecule is O=CC(Sc1ccccc1)N1CCN(C2CCNCC2)CC1. The van der Waals surface area contributed by atoms with Gasteiger partial charge in [0.25, 0.3) is 0 Å². The molecule has 0 radical (unpaired) electrons. The number of piperidine rings is 1. The summed E-state index contributed by atoms with van der Waals surface area (Å²) in [6, 6.07) is 11.0. The Labute approximate surface area is 137 Å². The van der Waals surface area contributed by atoms with E-state index in [1.165, 1.54) is 17.7 Å². The molecule has 0 saturated carbocycles. The van der Waals surface area contributed by atoms with E-state index in [0.717, 1.165) is 51.6 Å². The van der Waals surface area contributed by atoms with Gasteiger partial charge in [-0.25, -0.2) is 0 Å². The lowest BCUT2D eigenvalue weighted by Crippen LogP contribution is -2.54. The maximum Gasteiger partial charge on any atom is 0.147 e. The number of hydrogen-bond donors (Lipinski definition) is 1. The summed E-state index contributed by atoms with van der Waals surface area (Å²) in [5, 5.41) is 3.37. The number of aldehydes is 1. The summed E-state index contributed by atoms with van der Waals surface area (Å²) < 4.78 is 0. The minimum absolute atomic E-state index is 0.0578. The Morgan fingerprint density at radius 2 is 1.77 bits per heavy atom. The van der Waals surface area contributed by atoms with E-state index in [1.54, 1.807) is 11.8 Å². The Balaban J connectivity index is 1.51. The van der Waals surface area contributed by atoms with Crippen LogP contribution in [0.4, 0.5) is 0 Å². The third-order valence-corrected chi connectivity index (χ3v) is 5.85. The molecule has 1 aromatic rings. The first-order chi connectivity index (χ1) is 10.9. The summed E-state index contributed by atoms with van der Waals surface area (Å²) >= 11 is 1.66. The molecule has 0 aliphatic carbocycles. The van der Waals surface area contributed by atoms with E-state index >= 15 is 0 Å². The molecule has 22 heavy (non-hydrogen) atoms. The fourth-order valence-corrected chi connectivity index (χ4v) is 4.36. The Morgan fingerprint density at radius 3 is 2.41 bits per heavy atom. The van der Waals surface area contributed by atoms with Crippen LogP contribution in [-0.2, 0) is 4.79 Å². The van der Waals surface area contributed by atoms with Crippen LogP contribution in [-0.4, -0.2) is 66.8 Å². The van der Waals surface area contributed by atoms with Crippen LogP contribution in [0, 0.1) is 0 Å². The summed E-state index contributed by atoms with van der Waals surface area (Å²) in [4.78, 5) is 17.6. The van der Waals surface area contributed by atoms with Gasteiger partial charge in [0, 0.05) is 37.1 Å². The number of hydrogen-bond acceptors (Lipinski definition) is 5. The zero-order chi connectivity index (χ0) is 15.2. The molecule has 5 heteroatoms. The first-order valence-corrected chi connectivity index (χ1v) is 9.10. The van der Waals surface area contributed by atoms with Crippen LogP contribution >= 0.6 is 11.8 Å². The zero-order valence-electron chi connectivity index (χ0n) is 13.0. The number of nitrogens with one attached hydrogen (secondary N) is 1. The van der Waals surface area contributed by atoms with Crippen molar-refractivity contribution in [2.75, 3.05) is 39.3 Å². The van der Waals surface area contributed by atoms with Crippen molar-refractivity contribution in [3.63, 3.8) is 0 Å². The molecule has 0 bridgehead atoms. The van der Waals surface area contributed by atoms with Gasteiger partial charge < -0.3 is 10.1 Å². The van der Waals surface area contributed by atoms with Crippen LogP contribution in [0.3, 0.4) is 0 Å². The second-order valence-electron chi connectivity index (χ2n) is 6.01. The zero-order valence-corrected chi connectivity index (χ0v) is 13.8. The molecule has 2 saturated heterocycles. The normalized spacial score (nSPS) is 23.3. The van der Waals surface area contributed by atoms with Crippen molar-refractivity contribution in [3.8, 4) is 0 Å². The first-order valence-electron chi connectivity index (χ1n) is 8.22. The molecule has 0 amide bonds. The second kappa shape index (κ2) is 8.11. The number of nitrogens with zero attached hydrogens (tertiary/aromatic N) is 2. The topological polar surface area (TPSA) is 35.6 Å². The van der Waals surface area contributed by atoms with E-state index in [-0.39, 0.29) is 5.37 Å². The number of carbonyl (C=O) groups excluding carboxylic acids is 1. The number of carbonyl (C=O) groups is 1. The Bertz CT molecular complexity index is 456. The van der Waals surface area contributed by atoms with E-state index in [9.17, 15) is 4.79 Å². The molecule has 1 aromatic carbocycles. The molecule has 3 rings (SSSR count). The predicted molar refractivity (Wildman–Crippen MR) is 91.2 cm³/mol.